The molecule has 2 saturated heterocycles. The van der Waals surface area contributed by atoms with Gasteiger partial charge in [-0.1, -0.05) is 30.3 Å². The molecular formula is C26H39N3O4. The Hall–Kier alpha value is -2.41. The normalized spacial score (nSPS) is 20.2. The van der Waals surface area contributed by atoms with E-state index in [1.807, 2.05) is 35.2 Å². The molecule has 1 aromatic carbocycles. The third kappa shape index (κ3) is 8.46. The lowest BCUT2D eigenvalue weighted by atomic mass is 9.92. The molecular weight excluding hydrogens is 418 g/mol. The number of amides is 2. The minimum Gasteiger partial charge on any atom is -0.466 e. The molecule has 0 radical (unpaired) electrons. The molecule has 0 spiro atoms. The maximum absolute atomic E-state index is 13.1. The molecule has 2 aliphatic rings. The maximum atomic E-state index is 13.1. The highest BCUT2D eigenvalue weighted by atomic mass is 16.5. The minimum absolute atomic E-state index is 0.0731. The topological polar surface area (TPSA) is 87.7 Å². The smallest absolute Gasteiger partial charge is 0.307 e. The number of likely N-dealkylation sites (tertiary alicyclic amines) is 1. The summed E-state index contributed by atoms with van der Waals surface area (Å²) in [5, 5.41) is 6.45. The highest BCUT2D eigenvalue weighted by Gasteiger charge is 2.30. The first-order chi connectivity index (χ1) is 16.0. The number of carbonyl (C=O) groups excluding carboxylic acids is 3. The fourth-order valence-corrected chi connectivity index (χ4v) is 4.89. The van der Waals surface area contributed by atoms with Crippen molar-refractivity contribution in [1.29, 1.82) is 0 Å². The molecule has 7 heteroatoms. The van der Waals surface area contributed by atoms with E-state index < -0.39 is 0 Å². The van der Waals surface area contributed by atoms with Gasteiger partial charge in [-0.05, 0) is 70.0 Å². The molecule has 0 unspecified atom stereocenters. The molecule has 2 amide bonds. The Morgan fingerprint density at radius 2 is 1.91 bits per heavy atom. The van der Waals surface area contributed by atoms with E-state index in [0.29, 0.717) is 31.9 Å². The van der Waals surface area contributed by atoms with Crippen molar-refractivity contribution < 1.29 is 19.1 Å². The largest absolute Gasteiger partial charge is 0.466 e. The number of nitrogens with one attached hydrogen (secondary N) is 2. The van der Waals surface area contributed by atoms with E-state index in [1.54, 1.807) is 6.92 Å². The molecule has 0 aliphatic carbocycles. The predicted octanol–water partition coefficient (Wildman–Crippen LogP) is 2.69. The Labute approximate surface area is 197 Å². The van der Waals surface area contributed by atoms with E-state index in [4.69, 9.17) is 4.74 Å². The zero-order valence-electron chi connectivity index (χ0n) is 19.9. The molecule has 0 bridgehead atoms. The summed E-state index contributed by atoms with van der Waals surface area (Å²) in [6.45, 7) is 5.38. The molecule has 2 fully saturated rings. The SMILES string of the molecule is CCOC(=O)C[C@@H](Cc1ccccc1)NC(=O)[C@@H]1CCCN(C(=O)CCC2CCNCC2)C1. The molecule has 1 aromatic rings. The van der Waals surface area contributed by atoms with Crippen molar-refractivity contribution in [2.45, 2.75) is 64.3 Å². The molecule has 2 aliphatic heterocycles. The van der Waals surface area contributed by atoms with Crippen LogP contribution < -0.4 is 10.6 Å². The van der Waals surface area contributed by atoms with Crippen LogP contribution in [0.15, 0.2) is 30.3 Å². The molecule has 2 atom stereocenters. The number of piperidine rings is 2. The van der Waals surface area contributed by atoms with Crippen LogP contribution in [0.1, 0.15) is 57.4 Å². The molecule has 7 nitrogen and oxygen atoms in total. The van der Waals surface area contributed by atoms with Gasteiger partial charge in [0.1, 0.15) is 0 Å². The first-order valence-corrected chi connectivity index (χ1v) is 12.5. The number of benzene rings is 1. The fraction of sp³-hybridized carbons (Fsp3) is 0.654. The van der Waals surface area contributed by atoms with E-state index in [9.17, 15) is 14.4 Å². The Morgan fingerprint density at radius 1 is 1.15 bits per heavy atom. The predicted molar refractivity (Wildman–Crippen MR) is 127 cm³/mol. The second-order valence-electron chi connectivity index (χ2n) is 9.32. The highest BCUT2D eigenvalue weighted by molar-refractivity contribution is 5.82. The zero-order valence-corrected chi connectivity index (χ0v) is 19.9. The van der Waals surface area contributed by atoms with Gasteiger partial charge in [-0.15, -0.1) is 0 Å². The maximum Gasteiger partial charge on any atom is 0.307 e. The lowest BCUT2D eigenvalue weighted by molar-refractivity contribution is -0.143. The lowest BCUT2D eigenvalue weighted by Gasteiger charge is -2.33. The summed E-state index contributed by atoms with van der Waals surface area (Å²) in [5.41, 5.74) is 1.06. The fourth-order valence-electron chi connectivity index (χ4n) is 4.89. The zero-order chi connectivity index (χ0) is 23.5. The van der Waals surface area contributed by atoms with Gasteiger partial charge in [0.2, 0.25) is 11.8 Å². The Kier molecular flexibility index (Phi) is 10.2. The molecule has 2 N–H and O–H groups in total. The number of rotatable bonds is 10. The van der Waals surface area contributed by atoms with Gasteiger partial charge < -0.3 is 20.3 Å². The summed E-state index contributed by atoms with van der Waals surface area (Å²) in [4.78, 5) is 39.9. The van der Waals surface area contributed by atoms with Crippen LogP contribution in [0.5, 0.6) is 0 Å². The summed E-state index contributed by atoms with van der Waals surface area (Å²) in [6, 6.07) is 9.51. The van der Waals surface area contributed by atoms with E-state index in [-0.39, 0.29) is 36.2 Å². The van der Waals surface area contributed by atoms with Crippen molar-refractivity contribution >= 4 is 17.8 Å². The van der Waals surface area contributed by atoms with Gasteiger partial charge in [0, 0.05) is 25.6 Å². The van der Waals surface area contributed by atoms with E-state index in [0.717, 1.165) is 57.3 Å². The summed E-state index contributed by atoms with van der Waals surface area (Å²) in [5.74, 6) is 0.175. The van der Waals surface area contributed by atoms with Gasteiger partial charge in [-0.2, -0.15) is 0 Å². The first kappa shape index (κ1) is 25.2. The molecule has 0 aromatic heterocycles. The highest BCUT2D eigenvalue weighted by Crippen LogP contribution is 2.22. The van der Waals surface area contributed by atoms with Crippen molar-refractivity contribution in [3.05, 3.63) is 35.9 Å². The molecule has 3 rings (SSSR count). The van der Waals surface area contributed by atoms with E-state index in [2.05, 4.69) is 10.6 Å². The molecule has 2 heterocycles. The van der Waals surface area contributed by atoms with Crippen LogP contribution in [0.4, 0.5) is 0 Å². The number of hydrogen-bond acceptors (Lipinski definition) is 5. The number of esters is 1. The Bertz CT molecular complexity index is 764. The second-order valence-corrected chi connectivity index (χ2v) is 9.32. The molecule has 182 valence electrons. The lowest BCUT2D eigenvalue weighted by Crippen LogP contribution is -2.48. The minimum atomic E-state index is -0.329. The van der Waals surface area contributed by atoms with Gasteiger partial charge in [0.05, 0.1) is 18.9 Å². The van der Waals surface area contributed by atoms with Crippen molar-refractivity contribution in [2.24, 2.45) is 11.8 Å². The van der Waals surface area contributed by atoms with E-state index in [1.165, 1.54) is 0 Å². The van der Waals surface area contributed by atoms with Crippen molar-refractivity contribution in [2.75, 3.05) is 32.8 Å². The molecule has 33 heavy (non-hydrogen) atoms. The van der Waals surface area contributed by atoms with Crippen LogP contribution in [0.2, 0.25) is 0 Å². The third-order valence-electron chi connectivity index (χ3n) is 6.76. The van der Waals surface area contributed by atoms with Crippen molar-refractivity contribution in [3.8, 4) is 0 Å². The number of carbonyl (C=O) groups is 3. The molecule has 0 saturated carbocycles. The first-order valence-electron chi connectivity index (χ1n) is 12.5. The van der Waals surface area contributed by atoms with Crippen molar-refractivity contribution in [3.63, 3.8) is 0 Å². The van der Waals surface area contributed by atoms with Gasteiger partial charge >= 0.3 is 5.97 Å². The summed E-state index contributed by atoms with van der Waals surface area (Å²) < 4.78 is 5.12. The summed E-state index contributed by atoms with van der Waals surface area (Å²) in [7, 11) is 0. The van der Waals surface area contributed by atoms with Crippen LogP contribution in [-0.2, 0) is 25.5 Å². The van der Waals surface area contributed by atoms with Crippen LogP contribution >= 0.6 is 0 Å². The van der Waals surface area contributed by atoms with Crippen LogP contribution in [0.3, 0.4) is 0 Å². The Balaban J connectivity index is 1.52. The van der Waals surface area contributed by atoms with Gasteiger partial charge in [-0.3, -0.25) is 14.4 Å². The number of ether oxygens (including phenoxy) is 1. The summed E-state index contributed by atoms with van der Waals surface area (Å²) >= 11 is 0. The quantitative estimate of drug-likeness (QED) is 0.528. The monoisotopic (exact) mass is 457 g/mol. The van der Waals surface area contributed by atoms with Crippen molar-refractivity contribution in [1.82, 2.24) is 15.5 Å². The van der Waals surface area contributed by atoms with E-state index >= 15 is 0 Å². The van der Waals surface area contributed by atoms with Gasteiger partial charge in [0.25, 0.3) is 0 Å². The van der Waals surface area contributed by atoms with Crippen LogP contribution in [-0.4, -0.2) is 61.5 Å². The van der Waals surface area contributed by atoms with Crippen LogP contribution in [0, 0.1) is 11.8 Å². The number of hydrogen-bond donors (Lipinski definition) is 2. The summed E-state index contributed by atoms with van der Waals surface area (Å²) in [6.07, 6.45) is 6.09. The van der Waals surface area contributed by atoms with Gasteiger partial charge in [0.15, 0.2) is 0 Å². The average Bonchev–Trinajstić information content (AvgIpc) is 2.84. The van der Waals surface area contributed by atoms with Crippen LogP contribution in [0.25, 0.3) is 0 Å². The number of nitrogens with zero attached hydrogens (tertiary/aromatic N) is 1. The van der Waals surface area contributed by atoms with Gasteiger partial charge in [-0.25, -0.2) is 0 Å². The Morgan fingerprint density at radius 3 is 2.64 bits per heavy atom. The third-order valence-corrected chi connectivity index (χ3v) is 6.76. The standard InChI is InChI=1S/C26H39N3O4/c1-2-33-25(31)18-23(17-21-7-4-3-5-8-21)28-26(32)22-9-6-16-29(19-22)24(30)11-10-20-12-14-27-15-13-20/h3-5,7-8,20,22-23,27H,2,6,9-19H2,1H3,(H,28,32)/t22-,23-/m1/s1. The average molecular weight is 458 g/mol. The second kappa shape index (κ2) is 13.3.